The van der Waals surface area contributed by atoms with Crippen LogP contribution in [0.2, 0.25) is 0 Å². The Hall–Kier alpha value is -1.62. The Kier molecular flexibility index (Phi) is 2.91. The number of nitrogens with zero attached hydrogens (tertiary/aromatic N) is 4. The highest BCUT2D eigenvalue weighted by Crippen LogP contribution is 2.28. The van der Waals surface area contributed by atoms with Crippen molar-refractivity contribution >= 4 is 11.3 Å². The lowest BCUT2D eigenvalue weighted by atomic mass is 10.0. The first kappa shape index (κ1) is 11.5. The number of rotatable bonds is 2. The molecule has 1 unspecified atom stereocenters. The van der Waals surface area contributed by atoms with Crippen LogP contribution in [0, 0.1) is 0 Å². The Balaban J connectivity index is 1.97. The van der Waals surface area contributed by atoms with E-state index in [-0.39, 0.29) is 0 Å². The molecule has 5 nitrogen and oxygen atoms in total. The highest BCUT2D eigenvalue weighted by molar-refractivity contribution is 5.50. The van der Waals surface area contributed by atoms with Crippen LogP contribution < -0.4 is 5.73 Å². The molecule has 18 heavy (non-hydrogen) atoms. The molecule has 0 radical (unpaired) electrons. The first-order chi connectivity index (χ1) is 8.78. The molecule has 3 rings (SSSR count). The van der Waals surface area contributed by atoms with E-state index in [2.05, 4.69) is 21.9 Å². The van der Waals surface area contributed by atoms with Crippen LogP contribution in [0.25, 0.3) is 5.65 Å². The molecule has 2 N–H and O–H groups in total. The number of hydrogen-bond donors (Lipinski definition) is 1. The summed E-state index contributed by atoms with van der Waals surface area (Å²) in [6, 6.07) is 4.09. The standard InChI is InChI=1S/C13H19N5/c1-2-17-7-4-3-5-11(17)13-15-12-9-10(14)6-8-18(12)16-13/h6,8-9,11H,2-5,7,14H2,1H3. The average Bonchev–Trinajstić information content (AvgIpc) is 2.81. The highest BCUT2D eigenvalue weighted by atomic mass is 15.3. The Morgan fingerprint density at radius 3 is 3.17 bits per heavy atom. The lowest BCUT2D eigenvalue weighted by molar-refractivity contribution is 0.150. The fraction of sp³-hybridized carbons (Fsp3) is 0.538. The average molecular weight is 245 g/mol. The van der Waals surface area contributed by atoms with Crippen LogP contribution in [0.4, 0.5) is 5.69 Å². The van der Waals surface area contributed by atoms with Crippen LogP contribution in [-0.4, -0.2) is 32.6 Å². The number of hydrogen-bond acceptors (Lipinski definition) is 4. The van der Waals surface area contributed by atoms with Gasteiger partial charge >= 0.3 is 0 Å². The lowest BCUT2D eigenvalue weighted by Crippen LogP contribution is -2.33. The highest BCUT2D eigenvalue weighted by Gasteiger charge is 2.26. The van der Waals surface area contributed by atoms with Gasteiger partial charge in [-0.2, -0.15) is 0 Å². The summed E-state index contributed by atoms with van der Waals surface area (Å²) in [5.74, 6) is 0.933. The van der Waals surface area contributed by atoms with E-state index >= 15 is 0 Å². The first-order valence-electron chi connectivity index (χ1n) is 6.64. The molecule has 0 bridgehead atoms. The van der Waals surface area contributed by atoms with Gasteiger partial charge in [0, 0.05) is 18.0 Å². The van der Waals surface area contributed by atoms with Crippen LogP contribution in [0.3, 0.4) is 0 Å². The summed E-state index contributed by atoms with van der Waals surface area (Å²) in [5, 5.41) is 4.58. The monoisotopic (exact) mass is 245 g/mol. The maximum absolute atomic E-state index is 5.77. The second-order valence-corrected chi connectivity index (χ2v) is 4.87. The van der Waals surface area contributed by atoms with Gasteiger partial charge in [0.05, 0.1) is 6.04 Å². The molecule has 2 aromatic rings. The van der Waals surface area contributed by atoms with Crippen LogP contribution >= 0.6 is 0 Å². The molecule has 1 fully saturated rings. The van der Waals surface area contributed by atoms with Crippen molar-refractivity contribution in [3.8, 4) is 0 Å². The van der Waals surface area contributed by atoms with Gasteiger partial charge in [-0.05, 0) is 32.0 Å². The zero-order valence-electron chi connectivity index (χ0n) is 10.7. The first-order valence-corrected chi connectivity index (χ1v) is 6.64. The molecule has 0 aromatic carbocycles. The van der Waals surface area contributed by atoms with Gasteiger partial charge in [-0.1, -0.05) is 13.3 Å². The molecule has 3 heterocycles. The van der Waals surface area contributed by atoms with Crippen LogP contribution in [0.15, 0.2) is 18.3 Å². The van der Waals surface area contributed by atoms with Gasteiger partial charge in [-0.25, -0.2) is 9.50 Å². The summed E-state index contributed by atoms with van der Waals surface area (Å²) in [4.78, 5) is 7.09. The van der Waals surface area contributed by atoms with Crippen molar-refractivity contribution < 1.29 is 0 Å². The maximum Gasteiger partial charge on any atom is 0.168 e. The van der Waals surface area contributed by atoms with Gasteiger partial charge in [0.1, 0.15) is 0 Å². The molecule has 2 aromatic heterocycles. The Bertz CT molecular complexity index is 547. The summed E-state index contributed by atoms with van der Waals surface area (Å²) in [6.07, 6.45) is 5.57. The molecule has 0 spiro atoms. The minimum atomic E-state index is 0.366. The van der Waals surface area contributed by atoms with Gasteiger partial charge in [-0.15, -0.1) is 5.10 Å². The Labute approximate surface area is 107 Å². The quantitative estimate of drug-likeness (QED) is 0.877. The van der Waals surface area contributed by atoms with Crippen LogP contribution in [0.1, 0.15) is 38.1 Å². The minimum absolute atomic E-state index is 0.366. The number of anilines is 1. The molecule has 1 aliphatic rings. The van der Waals surface area contributed by atoms with Crippen molar-refractivity contribution in [3.63, 3.8) is 0 Å². The van der Waals surface area contributed by atoms with Crippen molar-refractivity contribution in [3.05, 3.63) is 24.2 Å². The molecule has 0 amide bonds. The van der Waals surface area contributed by atoms with Gasteiger partial charge in [0.25, 0.3) is 0 Å². The van der Waals surface area contributed by atoms with Crippen LogP contribution in [-0.2, 0) is 0 Å². The number of piperidine rings is 1. The van der Waals surface area contributed by atoms with E-state index in [4.69, 9.17) is 5.73 Å². The maximum atomic E-state index is 5.77. The van der Waals surface area contributed by atoms with Crippen molar-refractivity contribution in [2.45, 2.75) is 32.2 Å². The van der Waals surface area contributed by atoms with Crippen LogP contribution in [0.5, 0.6) is 0 Å². The van der Waals surface area contributed by atoms with Crippen molar-refractivity contribution in [1.29, 1.82) is 0 Å². The molecule has 96 valence electrons. The number of nitrogen functional groups attached to an aromatic ring is 1. The Morgan fingerprint density at radius 1 is 1.44 bits per heavy atom. The third-order valence-corrected chi connectivity index (χ3v) is 3.70. The molecule has 1 saturated heterocycles. The fourth-order valence-electron chi connectivity index (χ4n) is 2.72. The molecular weight excluding hydrogens is 226 g/mol. The van der Waals surface area contributed by atoms with E-state index in [1.807, 2.05) is 22.8 Å². The number of pyridine rings is 1. The van der Waals surface area contributed by atoms with Crippen molar-refractivity contribution in [2.24, 2.45) is 0 Å². The van der Waals surface area contributed by atoms with E-state index in [0.29, 0.717) is 6.04 Å². The number of nitrogens with two attached hydrogens (primary N) is 1. The zero-order chi connectivity index (χ0) is 12.5. The van der Waals surface area contributed by atoms with E-state index in [1.54, 1.807) is 0 Å². The fourth-order valence-corrected chi connectivity index (χ4v) is 2.72. The van der Waals surface area contributed by atoms with Gasteiger partial charge < -0.3 is 5.73 Å². The Morgan fingerprint density at radius 2 is 2.33 bits per heavy atom. The smallest absolute Gasteiger partial charge is 0.168 e. The van der Waals surface area contributed by atoms with E-state index in [0.717, 1.165) is 36.7 Å². The second kappa shape index (κ2) is 4.57. The van der Waals surface area contributed by atoms with Gasteiger partial charge in [0.2, 0.25) is 0 Å². The van der Waals surface area contributed by atoms with E-state index < -0.39 is 0 Å². The topological polar surface area (TPSA) is 59.5 Å². The predicted octanol–water partition coefficient (Wildman–Crippen LogP) is 1.86. The zero-order valence-corrected chi connectivity index (χ0v) is 10.7. The molecular formula is C13H19N5. The third-order valence-electron chi connectivity index (χ3n) is 3.70. The van der Waals surface area contributed by atoms with Crippen molar-refractivity contribution in [2.75, 3.05) is 18.8 Å². The molecule has 1 aliphatic heterocycles. The summed E-state index contributed by atoms with van der Waals surface area (Å²) in [6.45, 7) is 4.41. The number of aromatic nitrogens is 3. The van der Waals surface area contributed by atoms with E-state index in [1.165, 1.54) is 12.8 Å². The predicted molar refractivity (Wildman–Crippen MR) is 71.2 cm³/mol. The summed E-state index contributed by atoms with van der Waals surface area (Å²) in [7, 11) is 0. The van der Waals surface area contributed by atoms with Gasteiger partial charge in [0.15, 0.2) is 11.5 Å². The molecule has 0 saturated carbocycles. The molecule has 0 aliphatic carbocycles. The largest absolute Gasteiger partial charge is 0.399 e. The third kappa shape index (κ3) is 1.95. The SMILES string of the molecule is CCN1CCCCC1c1nc2cc(N)ccn2n1. The summed E-state index contributed by atoms with van der Waals surface area (Å²) >= 11 is 0. The number of likely N-dealkylation sites (tertiary alicyclic amines) is 1. The normalized spacial score (nSPS) is 21.5. The number of fused-ring (bicyclic) bond motifs is 1. The molecule has 1 atom stereocenters. The summed E-state index contributed by atoms with van der Waals surface area (Å²) in [5.41, 5.74) is 7.35. The second-order valence-electron chi connectivity index (χ2n) is 4.87. The molecule has 5 heteroatoms. The van der Waals surface area contributed by atoms with Gasteiger partial charge in [-0.3, -0.25) is 4.90 Å². The lowest BCUT2D eigenvalue weighted by Gasteiger charge is -2.32. The summed E-state index contributed by atoms with van der Waals surface area (Å²) < 4.78 is 1.81. The van der Waals surface area contributed by atoms with Crippen molar-refractivity contribution in [1.82, 2.24) is 19.5 Å². The minimum Gasteiger partial charge on any atom is -0.399 e. The van der Waals surface area contributed by atoms with E-state index in [9.17, 15) is 0 Å².